The first-order chi connectivity index (χ1) is 8.83. The van der Waals surface area contributed by atoms with Crippen LogP contribution in [0.2, 0.25) is 0 Å². The van der Waals surface area contributed by atoms with Crippen LogP contribution in [-0.2, 0) is 10.5 Å². The van der Waals surface area contributed by atoms with Crippen molar-refractivity contribution in [3.8, 4) is 0 Å². The van der Waals surface area contributed by atoms with Crippen molar-refractivity contribution in [1.82, 2.24) is 25.5 Å². The van der Waals surface area contributed by atoms with Crippen LogP contribution in [0.5, 0.6) is 0 Å². The summed E-state index contributed by atoms with van der Waals surface area (Å²) in [5.74, 6) is 0. The summed E-state index contributed by atoms with van der Waals surface area (Å²) in [5, 5.41) is 6.60. The molecule has 1 aliphatic heterocycles. The van der Waals surface area contributed by atoms with Crippen LogP contribution in [0.15, 0.2) is 18.6 Å². The van der Waals surface area contributed by atoms with E-state index in [0.717, 1.165) is 18.6 Å². The zero-order valence-corrected chi connectivity index (χ0v) is 10.2. The van der Waals surface area contributed by atoms with E-state index < -0.39 is 5.66 Å². The lowest BCUT2D eigenvalue weighted by Gasteiger charge is -2.45. The Morgan fingerprint density at radius 1 is 1.67 bits per heavy atom. The second-order valence-electron chi connectivity index (χ2n) is 4.15. The molecule has 1 fully saturated rings. The highest BCUT2D eigenvalue weighted by atomic mass is 16.1. The molecule has 0 bridgehead atoms. The zero-order valence-electron chi connectivity index (χ0n) is 10.2. The lowest BCUT2D eigenvalue weighted by atomic mass is 10.0. The van der Waals surface area contributed by atoms with E-state index in [2.05, 4.69) is 20.6 Å². The topological polar surface area (TPSA) is 96.2 Å². The van der Waals surface area contributed by atoms with Crippen molar-refractivity contribution in [2.75, 3.05) is 32.7 Å². The number of carbonyl (C=O) groups is 1. The van der Waals surface area contributed by atoms with Crippen molar-refractivity contribution in [2.45, 2.75) is 5.66 Å². The van der Waals surface area contributed by atoms with E-state index in [1.165, 1.54) is 6.33 Å². The lowest BCUT2D eigenvalue weighted by Crippen LogP contribution is -2.66. The van der Waals surface area contributed by atoms with Crippen molar-refractivity contribution in [2.24, 2.45) is 5.73 Å². The largest absolute Gasteiger partial charge is 0.329 e. The van der Waals surface area contributed by atoms with Crippen molar-refractivity contribution in [3.05, 3.63) is 24.3 Å². The summed E-state index contributed by atoms with van der Waals surface area (Å²) in [4.78, 5) is 21.2. The monoisotopic (exact) mass is 250 g/mol. The van der Waals surface area contributed by atoms with Crippen LogP contribution in [-0.4, -0.2) is 54.0 Å². The molecule has 18 heavy (non-hydrogen) atoms. The van der Waals surface area contributed by atoms with Gasteiger partial charge in [0.25, 0.3) is 0 Å². The third-order valence-electron chi connectivity index (χ3n) is 3.10. The first-order valence-electron chi connectivity index (χ1n) is 5.98. The number of aromatic nitrogens is 2. The van der Waals surface area contributed by atoms with Gasteiger partial charge in [0, 0.05) is 38.9 Å². The van der Waals surface area contributed by atoms with Crippen LogP contribution >= 0.6 is 0 Å². The van der Waals surface area contributed by atoms with E-state index in [1.54, 1.807) is 11.1 Å². The molecule has 4 N–H and O–H groups in total. The molecule has 0 saturated carbocycles. The Bertz CT molecular complexity index is 386. The van der Waals surface area contributed by atoms with Crippen molar-refractivity contribution in [3.63, 3.8) is 0 Å². The smallest absolute Gasteiger partial charge is 0.211 e. The molecule has 1 unspecified atom stereocenters. The normalized spacial score (nSPS) is 23.9. The Labute approximate surface area is 106 Å². The molecule has 1 aliphatic rings. The molecule has 0 aliphatic carbocycles. The third kappa shape index (κ3) is 2.33. The van der Waals surface area contributed by atoms with E-state index in [1.807, 2.05) is 6.07 Å². The van der Waals surface area contributed by atoms with Crippen molar-refractivity contribution >= 4 is 6.41 Å². The van der Waals surface area contributed by atoms with Gasteiger partial charge in [0.15, 0.2) is 0 Å². The predicted octanol–water partition coefficient (Wildman–Crippen LogP) is -1.76. The van der Waals surface area contributed by atoms with E-state index in [4.69, 9.17) is 5.73 Å². The Kier molecular flexibility index (Phi) is 4.19. The summed E-state index contributed by atoms with van der Waals surface area (Å²) >= 11 is 0. The summed E-state index contributed by atoms with van der Waals surface area (Å²) < 4.78 is 0. The van der Waals surface area contributed by atoms with Crippen LogP contribution < -0.4 is 16.4 Å². The van der Waals surface area contributed by atoms with Gasteiger partial charge in [0.2, 0.25) is 6.41 Å². The number of nitrogens with two attached hydrogens (primary N) is 1. The minimum Gasteiger partial charge on any atom is -0.329 e. The minimum atomic E-state index is -0.637. The van der Waals surface area contributed by atoms with E-state index in [-0.39, 0.29) is 0 Å². The SMILES string of the molecule is NCCNC1(c2ccncn2)CNCCN1C=O. The molecule has 0 aromatic carbocycles. The predicted molar refractivity (Wildman–Crippen MR) is 66.4 cm³/mol. The maximum atomic E-state index is 11.3. The summed E-state index contributed by atoms with van der Waals surface area (Å²) in [6.07, 6.45) is 4.01. The number of carbonyl (C=O) groups excluding carboxylic acids is 1. The molecule has 2 rings (SSSR count). The van der Waals surface area contributed by atoms with Crippen LogP contribution in [0, 0.1) is 0 Å². The van der Waals surface area contributed by atoms with Gasteiger partial charge in [-0.05, 0) is 6.07 Å². The van der Waals surface area contributed by atoms with E-state index >= 15 is 0 Å². The molecule has 0 radical (unpaired) electrons. The van der Waals surface area contributed by atoms with Gasteiger partial charge in [-0.15, -0.1) is 0 Å². The molecule has 1 aromatic rings. The number of piperazine rings is 1. The molecule has 2 heterocycles. The highest BCUT2D eigenvalue weighted by Crippen LogP contribution is 2.23. The summed E-state index contributed by atoms with van der Waals surface area (Å²) in [5.41, 5.74) is 5.68. The molecule has 1 saturated heterocycles. The minimum absolute atomic E-state index is 0.500. The maximum absolute atomic E-state index is 11.3. The lowest BCUT2D eigenvalue weighted by molar-refractivity contribution is -0.127. The molecule has 7 heteroatoms. The van der Waals surface area contributed by atoms with Gasteiger partial charge in [0.1, 0.15) is 12.0 Å². The molecule has 7 nitrogen and oxygen atoms in total. The fourth-order valence-electron chi connectivity index (χ4n) is 2.21. The Balaban J connectivity index is 2.35. The fourth-order valence-corrected chi connectivity index (χ4v) is 2.21. The van der Waals surface area contributed by atoms with Crippen LogP contribution in [0.3, 0.4) is 0 Å². The zero-order chi connectivity index (χ0) is 12.8. The number of hydrogen-bond acceptors (Lipinski definition) is 6. The third-order valence-corrected chi connectivity index (χ3v) is 3.10. The van der Waals surface area contributed by atoms with Crippen LogP contribution in [0.4, 0.5) is 0 Å². The molecular formula is C11H18N6O. The average molecular weight is 250 g/mol. The highest BCUT2D eigenvalue weighted by molar-refractivity contribution is 5.50. The molecule has 1 amide bonds. The quantitative estimate of drug-likeness (QED) is 0.536. The fraction of sp³-hybridized carbons (Fsp3) is 0.545. The van der Waals surface area contributed by atoms with Crippen molar-refractivity contribution < 1.29 is 4.79 Å². The van der Waals surface area contributed by atoms with Gasteiger partial charge in [-0.1, -0.05) is 0 Å². The number of amides is 1. The Morgan fingerprint density at radius 2 is 2.56 bits per heavy atom. The summed E-state index contributed by atoms with van der Waals surface area (Å²) in [6.45, 7) is 3.11. The number of nitrogens with zero attached hydrogens (tertiary/aromatic N) is 3. The number of nitrogens with one attached hydrogen (secondary N) is 2. The molecule has 98 valence electrons. The van der Waals surface area contributed by atoms with E-state index in [9.17, 15) is 4.79 Å². The van der Waals surface area contributed by atoms with E-state index in [0.29, 0.717) is 26.2 Å². The first-order valence-corrected chi connectivity index (χ1v) is 5.98. The number of rotatable bonds is 5. The van der Waals surface area contributed by atoms with Gasteiger partial charge in [-0.2, -0.15) is 0 Å². The Morgan fingerprint density at radius 3 is 3.22 bits per heavy atom. The average Bonchev–Trinajstić information content (AvgIpc) is 2.46. The van der Waals surface area contributed by atoms with Gasteiger partial charge in [0.05, 0.1) is 5.69 Å². The second-order valence-corrected chi connectivity index (χ2v) is 4.15. The van der Waals surface area contributed by atoms with Gasteiger partial charge < -0.3 is 16.0 Å². The first kappa shape index (κ1) is 12.9. The summed E-state index contributed by atoms with van der Waals surface area (Å²) in [7, 11) is 0. The van der Waals surface area contributed by atoms with Gasteiger partial charge in [-0.3, -0.25) is 10.1 Å². The molecule has 1 aromatic heterocycles. The van der Waals surface area contributed by atoms with Crippen LogP contribution in [0.1, 0.15) is 5.69 Å². The van der Waals surface area contributed by atoms with Gasteiger partial charge in [-0.25, -0.2) is 9.97 Å². The maximum Gasteiger partial charge on any atom is 0.211 e. The van der Waals surface area contributed by atoms with Crippen molar-refractivity contribution in [1.29, 1.82) is 0 Å². The van der Waals surface area contributed by atoms with Gasteiger partial charge >= 0.3 is 0 Å². The summed E-state index contributed by atoms with van der Waals surface area (Å²) in [6, 6.07) is 1.81. The highest BCUT2D eigenvalue weighted by Gasteiger charge is 2.40. The van der Waals surface area contributed by atoms with Crippen LogP contribution in [0.25, 0.3) is 0 Å². The molecule has 0 spiro atoms. The molecular weight excluding hydrogens is 232 g/mol. The Hall–Kier alpha value is -1.57. The molecule has 1 atom stereocenters. The number of hydrogen-bond donors (Lipinski definition) is 3. The standard InChI is InChI=1S/C11H18N6O/c12-2-4-16-11(10-1-3-14-8-15-10)7-13-5-6-17(11)9-18/h1,3,8-9,13,16H,2,4-7,12H2. The second kappa shape index (κ2) is 5.85.